The molecule has 0 radical (unpaired) electrons. The van der Waals surface area contributed by atoms with E-state index in [1.165, 1.54) is 11.1 Å². The van der Waals surface area contributed by atoms with Crippen LogP contribution in [-0.4, -0.2) is 39.8 Å². The molecule has 6 heteroatoms. The summed E-state index contributed by atoms with van der Waals surface area (Å²) in [5.74, 6) is 0.873. The highest BCUT2D eigenvalue weighted by atomic mass is 16.6. The number of likely N-dealkylation sites (tertiary alicyclic amines) is 1. The van der Waals surface area contributed by atoms with Crippen molar-refractivity contribution in [3.63, 3.8) is 0 Å². The number of hydrogen-bond donors (Lipinski definition) is 0. The van der Waals surface area contributed by atoms with Gasteiger partial charge < -0.3 is 9.47 Å². The molecule has 0 amide bonds. The van der Waals surface area contributed by atoms with Gasteiger partial charge in [0.2, 0.25) is 0 Å². The fraction of sp³-hybridized carbons (Fsp3) is 0.355. The summed E-state index contributed by atoms with van der Waals surface area (Å²) in [6.45, 7) is 8.96. The Morgan fingerprint density at radius 3 is 2.57 bits per heavy atom. The first-order valence-corrected chi connectivity index (χ1v) is 12.9. The van der Waals surface area contributed by atoms with Crippen LogP contribution in [-0.2, 0) is 4.74 Å². The molecule has 4 aromatic rings. The summed E-state index contributed by atoms with van der Waals surface area (Å²) in [6.07, 6.45) is 5.61. The summed E-state index contributed by atoms with van der Waals surface area (Å²) in [5.41, 5.74) is 4.55. The molecule has 0 saturated carbocycles. The third kappa shape index (κ3) is 5.12. The van der Waals surface area contributed by atoms with Crippen molar-refractivity contribution in [1.29, 1.82) is 0 Å². The maximum absolute atomic E-state index is 13.0. The smallest absolute Gasteiger partial charge is 0.419 e. The topological polar surface area (TPSA) is 56.6 Å². The summed E-state index contributed by atoms with van der Waals surface area (Å²) in [7, 11) is 1.70. The van der Waals surface area contributed by atoms with E-state index in [4.69, 9.17) is 14.5 Å². The van der Waals surface area contributed by atoms with Gasteiger partial charge in [-0.05, 0) is 88.5 Å². The van der Waals surface area contributed by atoms with Gasteiger partial charge in [0.25, 0.3) is 0 Å². The van der Waals surface area contributed by atoms with E-state index >= 15 is 0 Å². The Kier molecular flexibility index (Phi) is 6.78. The van der Waals surface area contributed by atoms with Crippen molar-refractivity contribution in [2.45, 2.75) is 58.2 Å². The fourth-order valence-corrected chi connectivity index (χ4v) is 5.33. The molecular formula is C31H35N3O3. The van der Waals surface area contributed by atoms with Crippen LogP contribution in [0, 0.1) is 0 Å². The summed E-state index contributed by atoms with van der Waals surface area (Å²) in [6, 6.07) is 21.2. The second-order valence-electron chi connectivity index (χ2n) is 10.7. The van der Waals surface area contributed by atoms with Crippen molar-refractivity contribution >= 4 is 17.0 Å². The zero-order valence-electron chi connectivity index (χ0n) is 22.3. The van der Waals surface area contributed by atoms with Crippen LogP contribution in [0.2, 0.25) is 0 Å². The van der Waals surface area contributed by atoms with Crippen molar-refractivity contribution in [3.8, 4) is 17.0 Å². The second kappa shape index (κ2) is 10.0. The van der Waals surface area contributed by atoms with Crippen molar-refractivity contribution in [2.75, 3.05) is 13.7 Å². The Morgan fingerprint density at radius 1 is 1.08 bits per heavy atom. The number of carbonyl (C=O) groups excluding carboxylic acids is 1. The monoisotopic (exact) mass is 497 g/mol. The van der Waals surface area contributed by atoms with Crippen LogP contribution < -0.4 is 4.74 Å². The molecule has 0 bridgehead atoms. The van der Waals surface area contributed by atoms with Crippen molar-refractivity contribution in [1.82, 2.24) is 14.5 Å². The summed E-state index contributed by atoms with van der Waals surface area (Å²) < 4.78 is 12.6. The molecule has 37 heavy (non-hydrogen) atoms. The highest BCUT2D eigenvalue weighted by Crippen LogP contribution is 2.40. The number of aromatic nitrogens is 2. The highest BCUT2D eigenvalue weighted by Gasteiger charge is 2.31. The van der Waals surface area contributed by atoms with Gasteiger partial charge in [0, 0.05) is 35.4 Å². The Balaban J connectivity index is 1.48. The van der Waals surface area contributed by atoms with Gasteiger partial charge in [-0.2, -0.15) is 0 Å². The molecule has 0 spiro atoms. The number of ether oxygens (including phenoxy) is 2. The maximum atomic E-state index is 13.0. The van der Waals surface area contributed by atoms with Gasteiger partial charge in [-0.25, -0.2) is 4.79 Å². The zero-order chi connectivity index (χ0) is 26.2. The molecule has 3 heterocycles. The second-order valence-corrected chi connectivity index (χ2v) is 10.7. The molecule has 0 aliphatic carbocycles. The van der Waals surface area contributed by atoms with Gasteiger partial charge in [0.1, 0.15) is 11.4 Å². The third-order valence-corrected chi connectivity index (χ3v) is 7.14. The van der Waals surface area contributed by atoms with Crippen LogP contribution >= 0.6 is 0 Å². The van der Waals surface area contributed by atoms with Crippen molar-refractivity contribution < 1.29 is 14.3 Å². The standard InChI is InChI=1S/C31H35N3O3/c1-21(22-12-14-24(36-5)15-13-22)33-18-8-11-28(33)23-16-17-32-27(19-23)26-20-34(30(35)37-31(2,3)4)29-10-7-6-9-25(26)29/h6-7,9-10,12-17,19-21,28H,8,11,18H2,1-5H3/t21?,28-/m0/s1. The van der Waals surface area contributed by atoms with E-state index in [-0.39, 0.29) is 12.1 Å². The third-order valence-electron chi connectivity index (χ3n) is 7.14. The first-order valence-electron chi connectivity index (χ1n) is 12.9. The normalized spacial score (nSPS) is 17.2. The van der Waals surface area contributed by atoms with Gasteiger partial charge in [-0.15, -0.1) is 0 Å². The Bertz CT molecular complexity index is 1400. The minimum atomic E-state index is -0.576. The van der Waals surface area contributed by atoms with Crippen LogP contribution in [0.4, 0.5) is 4.79 Å². The first kappa shape index (κ1) is 25.0. The molecule has 6 nitrogen and oxygen atoms in total. The lowest BCUT2D eigenvalue weighted by Crippen LogP contribution is -2.26. The van der Waals surface area contributed by atoms with Gasteiger partial charge in [0.15, 0.2) is 0 Å². The lowest BCUT2D eigenvalue weighted by Gasteiger charge is -2.31. The lowest BCUT2D eigenvalue weighted by molar-refractivity contribution is 0.0544. The van der Waals surface area contributed by atoms with Gasteiger partial charge in [0.05, 0.1) is 18.3 Å². The minimum absolute atomic E-state index is 0.282. The Hall–Kier alpha value is -3.64. The molecule has 1 unspecified atom stereocenters. The molecule has 1 aliphatic heterocycles. The van der Waals surface area contributed by atoms with Crippen molar-refractivity contribution in [2.24, 2.45) is 0 Å². The van der Waals surface area contributed by atoms with E-state index in [1.54, 1.807) is 11.7 Å². The highest BCUT2D eigenvalue weighted by molar-refractivity contribution is 6.00. The van der Waals surface area contributed by atoms with Crippen LogP contribution in [0.15, 0.2) is 73.1 Å². The van der Waals surface area contributed by atoms with E-state index < -0.39 is 5.60 Å². The molecule has 0 N–H and O–H groups in total. The van der Waals surface area contributed by atoms with Crippen LogP contribution in [0.25, 0.3) is 22.2 Å². The molecule has 1 fully saturated rings. The lowest BCUT2D eigenvalue weighted by atomic mass is 9.99. The van der Waals surface area contributed by atoms with Gasteiger partial charge in [-0.3, -0.25) is 14.5 Å². The number of benzene rings is 2. The molecule has 2 aromatic heterocycles. The molecular weight excluding hydrogens is 462 g/mol. The quantitative estimate of drug-likeness (QED) is 0.288. The number of nitrogens with zero attached hydrogens (tertiary/aromatic N) is 3. The molecule has 192 valence electrons. The van der Waals surface area contributed by atoms with E-state index in [9.17, 15) is 4.79 Å². The summed E-state index contributed by atoms with van der Waals surface area (Å²) in [4.78, 5) is 20.3. The summed E-state index contributed by atoms with van der Waals surface area (Å²) >= 11 is 0. The molecule has 1 saturated heterocycles. The molecule has 2 atom stereocenters. The molecule has 2 aromatic carbocycles. The number of fused-ring (bicyclic) bond motifs is 1. The average Bonchev–Trinajstić information content (AvgIpc) is 3.53. The Morgan fingerprint density at radius 2 is 1.84 bits per heavy atom. The van der Waals surface area contributed by atoms with Gasteiger partial charge >= 0.3 is 6.09 Å². The van der Waals surface area contributed by atoms with Crippen LogP contribution in [0.3, 0.4) is 0 Å². The maximum Gasteiger partial charge on any atom is 0.419 e. The number of hydrogen-bond acceptors (Lipinski definition) is 5. The summed E-state index contributed by atoms with van der Waals surface area (Å²) in [5, 5.41) is 0.980. The first-order chi connectivity index (χ1) is 17.7. The number of methoxy groups -OCH3 is 1. The minimum Gasteiger partial charge on any atom is -0.497 e. The molecule has 5 rings (SSSR count). The number of para-hydroxylation sites is 1. The van der Waals surface area contributed by atoms with E-state index in [0.29, 0.717) is 6.04 Å². The predicted octanol–water partition coefficient (Wildman–Crippen LogP) is 7.39. The van der Waals surface area contributed by atoms with E-state index in [1.807, 2.05) is 69.6 Å². The largest absolute Gasteiger partial charge is 0.497 e. The Labute approximate surface area is 218 Å². The SMILES string of the molecule is COc1ccc(C(C)N2CCC[C@H]2c2ccnc(-c3cn(C(=O)OC(C)(C)C)c4ccccc34)c2)cc1. The number of pyridine rings is 1. The van der Waals surface area contributed by atoms with Crippen molar-refractivity contribution in [3.05, 3.63) is 84.2 Å². The number of carbonyl (C=O) groups is 1. The fourth-order valence-electron chi connectivity index (χ4n) is 5.33. The average molecular weight is 498 g/mol. The molecule has 1 aliphatic rings. The van der Waals surface area contributed by atoms with E-state index in [0.717, 1.165) is 47.3 Å². The predicted molar refractivity (Wildman–Crippen MR) is 147 cm³/mol. The number of rotatable bonds is 5. The van der Waals surface area contributed by atoms with Crippen LogP contribution in [0.5, 0.6) is 5.75 Å². The van der Waals surface area contributed by atoms with E-state index in [2.05, 4.69) is 36.1 Å². The van der Waals surface area contributed by atoms with Gasteiger partial charge in [-0.1, -0.05) is 30.3 Å². The van der Waals surface area contributed by atoms with Crippen LogP contribution in [0.1, 0.15) is 63.7 Å². The zero-order valence-corrected chi connectivity index (χ0v) is 22.3.